The third-order valence-electron chi connectivity index (χ3n) is 3.92. The summed E-state index contributed by atoms with van der Waals surface area (Å²) in [6.45, 7) is 0.870. The number of terminal acetylenes is 1. The lowest BCUT2D eigenvalue weighted by molar-refractivity contribution is -0.116. The van der Waals surface area contributed by atoms with Crippen molar-refractivity contribution in [2.24, 2.45) is 10.2 Å². The van der Waals surface area contributed by atoms with E-state index in [-0.39, 0.29) is 5.91 Å². The molecule has 0 fully saturated rings. The van der Waals surface area contributed by atoms with Crippen molar-refractivity contribution in [3.05, 3.63) is 5.82 Å². The van der Waals surface area contributed by atoms with Crippen LogP contribution in [0, 0.1) is 12.3 Å². The zero-order valence-electron chi connectivity index (χ0n) is 11.9. The Hall–Kier alpha value is -2.23. The van der Waals surface area contributed by atoms with Gasteiger partial charge in [0.25, 0.3) is 0 Å². The smallest absolute Gasteiger partial charge is 0.231 e. The first kappa shape index (κ1) is 13.7. The Morgan fingerprint density at radius 3 is 2.95 bits per heavy atom. The van der Waals surface area contributed by atoms with Crippen LogP contribution in [0.4, 0.5) is 5.95 Å². The van der Waals surface area contributed by atoms with E-state index in [0.717, 1.165) is 38.1 Å². The van der Waals surface area contributed by atoms with E-state index in [1.165, 1.54) is 0 Å². The number of anilines is 1. The number of fused-ring (bicyclic) bond motifs is 1. The Morgan fingerprint density at radius 1 is 1.33 bits per heavy atom. The van der Waals surface area contributed by atoms with Gasteiger partial charge in [-0.05, 0) is 12.8 Å². The number of hydrogen-bond donors (Lipinski definition) is 1. The number of nitrogens with one attached hydrogen (secondary N) is 1. The second-order valence-corrected chi connectivity index (χ2v) is 5.48. The van der Waals surface area contributed by atoms with Gasteiger partial charge >= 0.3 is 0 Å². The molecule has 0 spiro atoms. The molecule has 3 rings (SSSR count). The average molecular weight is 286 g/mol. The summed E-state index contributed by atoms with van der Waals surface area (Å²) in [7, 11) is 0. The van der Waals surface area contributed by atoms with Crippen LogP contribution in [-0.4, -0.2) is 26.3 Å². The van der Waals surface area contributed by atoms with Crippen LogP contribution in [-0.2, 0) is 17.8 Å². The van der Waals surface area contributed by atoms with Gasteiger partial charge in [-0.15, -0.1) is 22.5 Å². The van der Waals surface area contributed by atoms with Crippen LogP contribution >= 0.6 is 0 Å². The highest BCUT2D eigenvalue weighted by molar-refractivity contribution is 5.89. The van der Waals surface area contributed by atoms with Crippen molar-refractivity contribution in [1.29, 1.82) is 0 Å². The summed E-state index contributed by atoms with van der Waals surface area (Å²) in [5, 5.41) is 19.1. The molecule has 21 heavy (non-hydrogen) atoms. The van der Waals surface area contributed by atoms with E-state index in [9.17, 15) is 4.79 Å². The quantitative estimate of drug-likeness (QED) is 0.811. The molecule has 0 saturated heterocycles. The molecule has 2 aliphatic rings. The van der Waals surface area contributed by atoms with Gasteiger partial charge in [0.05, 0.1) is 0 Å². The lowest BCUT2D eigenvalue weighted by atomic mass is 10.0. The highest BCUT2D eigenvalue weighted by Crippen LogP contribution is 2.37. The fourth-order valence-electron chi connectivity index (χ4n) is 2.57. The second-order valence-electron chi connectivity index (χ2n) is 5.48. The maximum absolute atomic E-state index is 12.0. The maximum Gasteiger partial charge on any atom is 0.231 e. The lowest BCUT2D eigenvalue weighted by Crippen LogP contribution is -2.21. The summed E-state index contributed by atoms with van der Waals surface area (Å²) >= 11 is 0. The van der Waals surface area contributed by atoms with Crippen molar-refractivity contribution in [3.8, 4) is 12.3 Å². The third kappa shape index (κ3) is 3.10. The zero-order valence-corrected chi connectivity index (χ0v) is 11.9. The van der Waals surface area contributed by atoms with Crippen LogP contribution in [0.2, 0.25) is 0 Å². The molecule has 0 radical (unpaired) electrons. The van der Waals surface area contributed by atoms with E-state index in [1.807, 2.05) is 4.57 Å². The first-order chi connectivity index (χ1) is 10.2. The van der Waals surface area contributed by atoms with Gasteiger partial charge < -0.3 is 0 Å². The molecular weight excluding hydrogens is 268 g/mol. The molecule has 0 unspecified atom stereocenters. The van der Waals surface area contributed by atoms with Crippen molar-refractivity contribution < 1.29 is 4.79 Å². The third-order valence-corrected chi connectivity index (χ3v) is 3.92. The number of amides is 1. The van der Waals surface area contributed by atoms with Crippen LogP contribution in [0.15, 0.2) is 10.2 Å². The molecule has 0 saturated carbocycles. The van der Waals surface area contributed by atoms with Crippen molar-refractivity contribution in [1.82, 2.24) is 14.8 Å². The summed E-state index contributed by atoms with van der Waals surface area (Å²) in [6, 6.07) is 0. The number of aryl methyl sites for hydroxylation is 1. The van der Waals surface area contributed by atoms with Gasteiger partial charge in [0.2, 0.25) is 11.9 Å². The number of hydrogen-bond acceptors (Lipinski definition) is 5. The fourth-order valence-corrected chi connectivity index (χ4v) is 2.57. The van der Waals surface area contributed by atoms with E-state index in [4.69, 9.17) is 6.42 Å². The Kier molecular flexibility index (Phi) is 3.69. The maximum atomic E-state index is 12.0. The SMILES string of the molecule is C#CCCC1(CCC(=O)Nc2nnc3n2CCCC3)N=N1. The van der Waals surface area contributed by atoms with Crippen molar-refractivity contribution in [3.63, 3.8) is 0 Å². The van der Waals surface area contributed by atoms with Crippen LogP contribution in [0.3, 0.4) is 0 Å². The largest absolute Gasteiger partial charge is 0.297 e. The topological polar surface area (TPSA) is 84.5 Å². The van der Waals surface area contributed by atoms with E-state index in [2.05, 4.69) is 31.7 Å². The van der Waals surface area contributed by atoms with Crippen LogP contribution in [0.1, 0.15) is 44.3 Å². The van der Waals surface area contributed by atoms with E-state index in [0.29, 0.717) is 25.2 Å². The van der Waals surface area contributed by atoms with E-state index in [1.54, 1.807) is 0 Å². The molecule has 1 aromatic heterocycles. The van der Waals surface area contributed by atoms with Gasteiger partial charge in [0.15, 0.2) is 5.66 Å². The highest BCUT2D eigenvalue weighted by Gasteiger charge is 2.39. The molecule has 7 heteroatoms. The predicted octanol–water partition coefficient (Wildman–Crippen LogP) is 1.91. The predicted molar refractivity (Wildman–Crippen MR) is 76.5 cm³/mol. The minimum atomic E-state index is -0.409. The number of carbonyl (C=O) groups excluding carboxylic acids is 1. The van der Waals surface area contributed by atoms with Crippen molar-refractivity contribution in [2.75, 3.05) is 5.32 Å². The molecule has 1 N–H and O–H groups in total. The van der Waals surface area contributed by atoms with E-state index >= 15 is 0 Å². The van der Waals surface area contributed by atoms with Gasteiger partial charge in [0.1, 0.15) is 5.82 Å². The molecule has 3 heterocycles. The molecule has 2 aliphatic heterocycles. The number of carbonyl (C=O) groups is 1. The minimum Gasteiger partial charge on any atom is -0.297 e. The molecule has 1 aromatic rings. The van der Waals surface area contributed by atoms with Crippen LogP contribution in [0.5, 0.6) is 0 Å². The van der Waals surface area contributed by atoms with Gasteiger partial charge in [0, 0.05) is 38.6 Å². The molecule has 1 amide bonds. The zero-order chi connectivity index (χ0) is 14.7. The summed E-state index contributed by atoms with van der Waals surface area (Å²) in [5.74, 6) is 4.01. The van der Waals surface area contributed by atoms with Crippen molar-refractivity contribution >= 4 is 11.9 Å². The molecule has 0 bridgehead atoms. The van der Waals surface area contributed by atoms with Gasteiger partial charge in [-0.25, -0.2) is 0 Å². The Morgan fingerprint density at radius 2 is 2.19 bits per heavy atom. The summed E-state index contributed by atoms with van der Waals surface area (Å²) < 4.78 is 1.99. The van der Waals surface area contributed by atoms with Gasteiger partial charge in [-0.2, -0.15) is 10.2 Å². The monoisotopic (exact) mass is 286 g/mol. The molecule has 0 aromatic carbocycles. The Labute approximate surface area is 123 Å². The Balaban J connectivity index is 1.51. The van der Waals surface area contributed by atoms with E-state index < -0.39 is 5.66 Å². The van der Waals surface area contributed by atoms with Crippen LogP contribution < -0.4 is 5.32 Å². The number of nitrogens with zero attached hydrogens (tertiary/aromatic N) is 5. The highest BCUT2D eigenvalue weighted by atomic mass is 16.1. The first-order valence-electron chi connectivity index (χ1n) is 7.32. The Bertz CT molecular complexity index is 605. The number of rotatable bonds is 6. The summed E-state index contributed by atoms with van der Waals surface area (Å²) in [5.41, 5.74) is -0.409. The van der Waals surface area contributed by atoms with Gasteiger partial charge in [-0.1, -0.05) is 0 Å². The van der Waals surface area contributed by atoms with Gasteiger partial charge in [-0.3, -0.25) is 14.7 Å². The molecular formula is C14H18N6O. The summed E-state index contributed by atoms with van der Waals surface area (Å²) in [4.78, 5) is 12.0. The second kappa shape index (κ2) is 5.64. The minimum absolute atomic E-state index is 0.0758. The van der Waals surface area contributed by atoms with Crippen LogP contribution in [0.25, 0.3) is 0 Å². The van der Waals surface area contributed by atoms with Crippen molar-refractivity contribution in [2.45, 2.75) is 57.2 Å². The standard InChI is InChI=1S/C14H18N6O/c1-2-3-8-14(18-19-14)9-7-12(21)15-13-17-16-11-6-4-5-10-20(11)13/h1H,3-10H2,(H,15,17,21). The molecule has 0 atom stereocenters. The molecule has 0 aliphatic carbocycles. The molecule has 7 nitrogen and oxygen atoms in total. The first-order valence-corrected chi connectivity index (χ1v) is 7.32. The fraction of sp³-hybridized carbons (Fsp3) is 0.643. The number of aromatic nitrogens is 3. The normalized spacial score (nSPS) is 17.9. The summed E-state index contributed by atoms with van der Waals surface area (Å²) in [6.07, 6.45) is 10.7. The average Bonchev–Trinajstić information content (AvgIpc) is 3.18. The molecule has 110 valence electrons. The lowest BCUT2D eigenvalue weighted by Gasteiger charge is -2.15.